The Morgan fingerprint density at radius 2 is 1.71 bits per heavy atom. The number of benzene rings is 3. The van der Waals surface area contributed by atoms with E-state index in [1.54, 1.807) is 6.07 Å². The van der Waals surface area contributed by atoms with Gasteiger partial charge in [-0.15, -0.1) is 0 Å². The normalized spacial score (nSPS) is 11.7. The Morgan fingerprint density at radius 1 is 1.03 bits per heavy atom. The van der Waals surface area contributed by atoms with Crippen LogP contribution < -0.4 is 14.4 Å². The zero-order valence-electron chi connectivity index (χ0n) is 20.7. The average molecular weight is 569 g/mol. The van der Waals surface area contributed by atoms with E-state index < -0.39 is 39.9 Å². The van der Waals surface area contributed by atoms with Gasteiger partial charge in [0.2, 0.25) is 5.91 Å². The molecule has 0 aliphatic heterocycles. The molecule has 0 fully saturated rings. The van der Waals surface area contributed by atoms with Crippen LogP contribution in [0, 0.1) is 0 Å². The zero-order valence-corrected chi connectivity index (χ0v) is 22.2. The molecule has 0 bridgehead atoms. The summed E-state index contributed by atoms with van der Waals surface area (Å²) in [6.07, 6.45) is -2.73. The third-order valence-electron chi connectivity index (χ3n) is 5.54. The number of nitrogens with zero attached hydrogens (tertiary/aromatic N) is 1. The Balaban J connectivity index is 1.77. The molecule has 3 aromatic carbocycles. The fraction of sp³-hybridized carbons (Fsp3) is 0.296. The van der Waals surface area contributed by atoms with Crippen LogP contribution in [0.5, 0.6) is 5.75 Å². The largest absolute Gasteiger partial charge is 0.493 e. The quantitative estimate of drug-likeness (QED) is 0.268. The van der Waals surface area contributed by atoms with Gasteiger partial charge in [0.25, 0.3) is 10.0 Å². The molecule has 0 aliphatic carbocycles. The van der Waals surface area contributed by atoms with Crippen LogP contribution in [0.3, 0.4) is 0 Å². The minimum absolute atomic E-state index is 0.190. The van der Waals surface area contributed by atoms with Gasteiger partial charge in [0.05, 0.1) is 27.8 Å². The van der Waals surface area contributed by atoms with Crippen molar-refractivity contribution in [3.63, 3.8) is 0 Å². The van der Waals surface area contributed by atoms with E-state index in [4.69, 9.17) is 16.3 Å². The van der Waals surface area contributed by atoms with Crippen LogP contribution in [-0.2, 0) is 27.4 Å². The number of amides is 1. The second kappa shape index (κ2) is 13.0. The predicted octanol–water partition coefficient (Wildman–Crippen LogP) is 6.09. The number of hydrogen-bond acceptors (Lipinski definition) is 4. The van der Waals surface area contributed by atoms with Gasteiger partial charge in [-0.1, -0.05) is 54.9 Å². The molecule has 0 heterocycles. The molecule has 0 aliphatic rings. The van der Waals surface area contributed by atoms with Gasteiger partial charge in [-0.25, -0.2) is 8.42 Å². The molecule has 1 amide bonds. The molecule has 0 radical (unpaired) electrons. The van der Waals surface area contributed by atoms with E-state index in [9.17, 15) is 26.4 Å². The lowest BCUT2D eigenvalue weighted by molar-refractivity contribution is -0.137. The number of ether oxygens (including phenoxy) is 1. The summed E-state index contributed by atoms with van der Waals surface area (Å²) in [5, 5.41) is 2.41. The van der Waals surface area contributed by atoms with E-state index in [0.29, 0.717) is 29.8 Å². The van der Waals surface area contributed by atoms with Crippen LogP contribution in [-0.4, -0.2) is 34.0 Å². The van der Waals surface area contributed by atoms with Crippen molar-refractivity contribution in [3.8, 4) is 5.75 Å². The lowest BCUT2D eigenvalue weighted by Gasteiger charge is -2.26. The molecular weight excluding hydrogens is 541 g/mol. The molecule has 0 saturated heterocycles. The smallest absolute Gasteiger partial charge is 0.416 e. The maximum atomic E-state index is 13.4. The van der Waals surface area contributed by atoms with Crippen LogP contribution in [0.1, 0.15) is 30.9 Å². The minimum atomic E-state index is -4.74. The maximum Gasteiger partial charge on any atom is 0.416 e. The molecule has 0 aromatic heterocycles. The molecule has 204 valence electrons. The number of hydrogen-bond donors (Lipinski definition) is 1. The lowest BCUT2D eigenvalue weighted by Crippen LogP contribution is -2.41. The van der Waals surface area contributed by atoms with E-state index in [1.165, 1.54) is 24.3 Å². The summed E-state index contributed by atoms with van der Waals surface area (Å²) in [6.45, 7) is 2.05. The van der Waals surface area contributed by atoms with Crippen molar-refractivity contribution in [2.24, 2.45) is 0 Å². The summed E-state index contributed by atoms with van der Waals surface area (Å²) in [5.41, 5.74) is -0.559. The Labute approximate surface area is 225 Å². The first kappa shape index (κ1) is 29.3. The minimum Gasteiger partial charge on any atom is -0.493 e. The monoisotopic (exact) mass is 568 g/mol. The van der Waals surface area contributed by atoms with E-state index in [-0.39, 0.29) is 16.5 Å². The third kappa shape index (κ3) is 7.64. The SMILES string of the molecule is CCCOc1ccccc1CCCNC(=O)CN(c1cc(C(F)(F)F)ccc1Cl)S(=O)(=O)c1ccccc1. The van der Waals surface area contributed by atoms with Gasteiger partial charge in [0.15, 0.2) is 0 Å². The summed E-state index contributed by atoms with van der Waals surface area (Å²) in [7, 11) is -4.42. The third-order valence-corrected chi connectivity index (χ3v) is 7.63. The van der Waals surface area contributed by atoms with Crippen LogP contribution >= 0.6 is 11.6 Å². The Bertz CT molecular complexity index is 1340. The van der Waals surface area contributed by atoms with E-state index in [1.807, 2.05) is 31.2 Å². The number of nitrogens with one attached hydrogen (secondary N) is 1. The molecule has 0 saturated carbocycles. The highest BCUT2D eigenvalue weighted by Crippen LogP contribution is 2.37. The molecule has 6 nitrogen and oxygen atoms in total. The summed E-state index contributed by atoms with van der Waals surface area (Å²) in [5.74, 6) is 0.0773. The van der Waals surface area contributed by atoms with Crippen LogP contribution in [0.2, 0.25) is 5.02 Å². The fourth-order valence-corrected chi connectivity index (χ4v) is 5.38. The molecule has 11 heteroatoms. The van der Waals surface area contributed by atoms with Gasteiger partial charge in [-0.3, -0.25) is 9.10 Å². The number of aryl methyl sites for hydroxylation is 1. The summed E-state index contributed by atoms with van der Waals surface area (Å²) in [4.78, 5) is 12.6. The van der Waals surface area contributed by atoms with Crippen molar-refractivity contribution in [1.29, 1.82) is 0 Å². The van der Waals surface area contributed by atoms with Crippen molar-refractivity contribution in [1.82, 2.24) is 5.32 Å². The maximum absolute atomic E-state index is 13.4. The highest BCUT2D eigenvalue weighted by Gasteiger charge is 2.34. The van der Waals surface area contributed by atoms with Gasteiger partial charge in [0.1, 0.15) is 12.3 Å². The van der Waals surface area contributed by atoms with Crippen molar-refractivity contribution in [3.05, 3.63) is 88.9 Å². The van der Waals surface area contributed by atoms with Crippen molar-refractivity contribution in [2.75, 3.05) is 24.0 Å². The number of para-hydroxylation sites is 1. The van der Waals surface area contributed by atoms with Crippen molar-refractivity contribution < 1.29 is 31.1 Å². The second-order valence-electron chi connectivity index (χ2n) is 8.40. The molecule has 38 heavy (non-hydrogen) atoms. The average Bonchev–Trinajstić information content (AvgIpc) is 2.89. The van der Waals surface area contributed by atoms with Gasteiger partial charge in [0, 0.05) is 6.54 Å². The van der Waals surface area contributed by atoms with Gasteiger partial charge >= 0.3 is 6.18 Å². The number of anilines is 1. The van der Waals surface area contributed by atoms with Gasteiger partial charge < -0.3 is 10.1 Å². The van der Waals surface area contributed by atoms with E-state index >= 15 is 0 Å². The molecular formula is C27H28ClF3N2O4S. The molecule has 0 atom stereocenters. The second-order valence-corrected chi connectivity index (χ2v) is 10.7. The highest BCUT2D eigenvalue weighted by atomic mass is 35.5. The number of sulfonamides is 1. The Hall–Kier alpha value is -3.24. The van der Waals surface area contributed by atoms with Crippen molar-refractivity contribution in [2.45, 2.75) is 37.3 Å². The summed E-state index contributed by atoms with van der Waals surface area (Å²) >= 11 is 6.15. The lowest BCUT2D eigenvalue weighted by atomic mass is 10.1. The molecule has 3 aromatic rings. The number of rotatable bonds is 12. The molecule has 0 unspecified atom stereocenters. The molecule has 0 spiro atoms. The fourth-order valence-electron chi connectivity index (χ4n) is 3.66. The van der Waals surface area contributed by atoms with Crippen molar-refractivity contribution >= 4 is 33.2 Å². The number of halogens is 4. The van der Waals surface area contributed by atoms with Crippen LogP contribution in [0.4, 0.5) is 18.9 Å². The standard InChI is InChI=1S/C27H28ClF3N2O4S/c1-2-17-37-25-13-7-6-9-20(25)10-8-16-32-26(34)19-33(38(35,36)22-11-4-3-5-12-22)24-18-21(27(29,30)31)14-15-23(24)28/h3-7,9,11-15,18H,2,8,10,16-17,19H2,1H3,(H,32,34). The highest BCUT2D eigenvalue weighted by molar-refractivity contribution is 7.92. The summed E-state index contributed by atoms with van der Waals surface area (Å²) in [6, 6.07) is 17.0. The van der Waals surface area contributed by atoms with Crippen LogP contribution in [0.15, 0.2) is 77.7 Å². The molecule has 3 rings (SSSR count). The number of carbonyl (C=O) groups is 1. The predicted molar refractivity (Wildman–Crippen MR) is 141 cm³/mol. The number of carbonyl (C=O) groups excluding carboxylic acids is 1. The van der Waals surface area contributed by atoms with Gasteiger partial charge in [-0.2, -0.15) is 13.2 Å². The first-order valence-electron chi connectivity index (χ1n) is 12.0. The topological polar surface area (TPSA) is 75.7 Å². The van der Waals surface area contributed by atoms with E-state index in [0.717, 1.165) is 29.9 Å². The summed E-state index contributed by atoms with van der Waals surface area (Å²) < 4.78 is 73.3. The molecule has 1 N–H and O–H groups in total. The Morgan fingerprint density at radius 3 is 2.39 bits per heavy atom. The zero-order chi connectivity index (χ0) is 27.8. The van der Waals surface area contributed by atoms with E-state index in [2.05, 4.69) is 5.32 Å². The first-order chi connectivity index (χ1) is 18.0. The number of alkyl halides is 3. The van der Waals surface area contributed by atoms with Gasteiger partial charge in [-0.05, 0) is 61.2 Å². The van der Waals surface area contributed by atoms with Crippen LogP contribution in [0.25, 0.3) is 0 Å². The Kier molecular flexibility index (Phi) is 10.0. The first-order valence-corrected chi connectivity index (χ1v) is 13.8.